The summed E-state index contributed by atoms with van der Waals surface area (Å²) in [4.78, 5) is 10.4. The number of rotatable bonds is 3. The van der Waals surface area contributed by atoms with Crippen molar-refractivity contribution in [2.75, 3.05) is 0 Å². The molecule has 0 radical (unpaired) electrons. The molecule has 0 aliphatic heterocycles. The third kappa shape index (κ3) is 2.16. The molecule has 1 unspecified atom stereocenters. The van der Waals surface area contributed by atoms with Crippen LogP contribution in [0.1, 0.15) is 13.3 Å². The zero-order valence-corrected chi connectivity index (χ0v) is 9.05. The fourth-order valence-corrected chi connectivity index (χ4v) is 1.03. The van der Waals surface area contributed by atoms with Crippen LogP contribution in [0.4, 0.5) is 0 Å². The number of hydrogen-bond acceptors (Lipinski definition) is 3. The maximum absolute atomic E-state index is 10.5. The summed E-state index contributed by atoms with van der Waals surface area (Å²) < 4.78 is 27.7. The van der Waals surface area contributed by atoms with Gasteiger partial charge in [-0.3, -0.25) is 0 Å². The fourth-order valence-electron chi connectivity index (χ4n) is 0.444. The summed E-state index contributed by atoms with van der Waals surface area (Å²) in [6.45, 7) is 1.41. The van der Waals surface area contributed by atoms with Crippen molar-refractivity contribution >= 4 is 44.0 Å². The van der Waals surface area contributed by atoms with Crippen LogP contribution in [0.3, 0.4) is 0 Å². The van der Waals surface area contributed by atoms with Crippen molar-refractivity contribution in [2.45, 2.75) is 15.3 Å². The average molecular weight is 190 g/mol. The first-order valence-electron chi connectivity index (χ1n) is 2.96. The number of carboxylic acid groups (broad SMARTS) is 1. The molecule has 0 amide bonds. The van der Waals surface area contributed by atoms with Crippen molar-refractivity contribution in [3.63, 3.8) is 0 Å². The molecular weight excluding hydrogens is 183 g/mol. The minimum atomic E-state index is -4.45. The summed E-state index contributed by atoms with van der Waals surface area (Å²) in [7, 11) is -4.45. The molecule has 0 saturated carbocycles. The second kappa shape index (κ2) is 3.40. The topological polar surface area (TPSA) is 91.7 Å². The van der Waals surface area contributed by atoms with Crippen LogP contribution in [-0.4, -0.2) is 54.0 Å². The Morgan fingerprint density at radius 3 is 2.00 bits per heavy atom. The second-order valence-corrected chi connectivity index (χ2v) is 6.65. The third-order valence-corrected chi connectivity index (χ3v) is 5.98. The molecule has 0 aliphatic rings. The molecule has 60 valence electrons. The molecule has 0 aromatic heterocycles. The quantitative estimate of drug-likeness (QED) is 0.450. The fraction of sp³-hybridized carbons (Fsp3) is 0.750. The van der Waals surface area contributed by atoms with Crippen molar-refractivity contribution in [1.82, 2.24) is 0 Å². The van der Waals surface area contributed by atoms with Gasteiger partial charge < -0.3 is 0 Å². The number of aliphatic carboxylic acids is 1. The van der Waals surface area contributed by atoms with Crippen LogP contribution < -0.4 is 0 Å². The molecular formula is C4H7NaO5S. The molecule has 0 saturated heterocycles. The minimum absolute atomic E-state index is 0.104. The van der Waals surface area contributed by atoms with Gasteiger partial charge in [0.1, 0.15) is 0 Å². The SMILES string of the molecule is CC[C]([Na])(C(=O)O)S(=O)(=O)O. The second-order valence-electron chi connectivity index (χ2n) is 2.36. The molecule has 0 aromatic carbocycles. The monoisotopic (exact) mass is 190 g/mol. The van der Waals surface area contributed by atoms with Crippen molar-refractivity contribution in [1.29, 1.82) is 0 Å². The van der Waals surface area contributed by atoms with E-state index in [-0.39, 0.29) is 34.4 Å². The van der Waals surface area contributed by atoms with Crippen LogP contribution in [0.2, 0.25) is 0 Å². The maximum atomic E-state index is 10.5. The molecule has 0 spiro atoms. The first-order valence-corrected chi connectivity index (χ1v) is 5.40. The summed E-state index contributed by atoms with van der Waals surface area (Å²) in [6.07, 6.45) is -0.104. The number of carboxylic acids is 1. The molecule has 0 fully saturated rings. The molecule has 0 aliphatic carbocycles. The van der Waals surface area contributed by atoms with E-state index >= 15 is 0 Å². The van der Waals surface area contributed by atoms with Gasteiger partial charge in [-0.2, -0.15) is 0 Å². The predicted octanol–water partition coefficient (Wildman–Crippen LogP) is -0.766. The Morgan fingerprint density at radius 1 is 1.64 bits per heavy atom. The van der Waals surface area contributed by atoms with Crippen molar-refractivity contribution in [3.05, 3.63) is 0 Å². The Hall–Kier alpha value is 0.380. The van der Waals surface area contributed by atoms with Crippen LogP contribution in [0, 0.1) is 0 Å². The van der Waals surface area contributed by atoms with Gasteiger partial charge in [0.25, 0.3) is 0 Å². The Balaban J connectivity index is 5.09. The van der Waals surface area contributed by atoms with Crippen LogP contribution >= 0.6 is 0 Å². The number of carbonyl (C=O) groups is 1. The van der Waals surface area contributed by atoms with E-state index in [0.29, 0.717) is 0 Å². The van der Waals surface area contributed by atoms with Gasteiger partial charge in [0.15, 0.2) is 0 Å². The summed E-state index contributed by atoms with van der Waals surface area (Å²) in [5.41, 5.74) is 0. The molecule has 11 heavy (non-hydrogen) atoms. The average Bonchev–Trinajstić information content (AvgIpc) is 1.83. The third-order valence-electron chi connectivity index (χ3n) is 1.70. The molecule has 0 rings (SSSR count). The van der Waals surface area contributed by atoms with E-state index in [1.165, 1.54) is 6.92 Å². The molecule has 5 nitrogen and oxygen atoms in total. The van der Waals surface area contributed by atoms with Crippen molar-refractivity contribution in [2.24, 2.45) is 0 Å². The van der Waals surface area contributed by atoms with Gasteiger partial charge in [-0.05, 0) is 0 Å². The van der Waals surface area contributed by atoms with Gasteiger partial charge in [-0.1, -0.05) is 0 Å². The molecule has 0 aromatic rings. The van der Waals surface area contributed by atoms with Gasteiger partial charge in [-0.25, -0.2) is 0 Å². The van der Waals surface area contributed by atoms with Crippen LogP contribution in [0.25, 0.3) is 0 Å². The van der Waals surface area contributed by atoms with E-state index in [1.54, 1.807) is 0 Å². The molecule has 2 N–H and O–H groups in total. The van der Waals surface area contributed by atoms with Crippen LogP contribution in [-0.2, 0) is 14.9 Å². The zero-order valence-electron chi connectivity index (χ0n) is 6.23. The van der Waals surface area contributed by atoms with Gasteiger partial charge in [0, 0.05) is 0 Å². The predicted molar refractivity (Wildman–Crippen MR) is 38.0 cm³/mol. The first kappa shape index (κ1) is 11.4. The summed E-state index contributed by atoms with van der Waals surface area (Å²) in [5.74, 6) is -1.48. The summed E-state index contributed by atoms with van der Waals surface area (Å²) >= 11 is -0.125. The molecule has 7 heteroatoms. The molecule has 0 bridgehead atoms. The van der Waals surface area contributed by atoms with Gasteiger partial charge in [0.05, 0.1) is 0 Å². The van der Waals surface area contributed by atoms with Gasteiger partial charge >= 0.3 is 82.2 Å². The standard InChI is InChI=1S/C4H7O5S.Na/c1-2-3(4(5)6)10(7,8)9;/h2H2,1H3,(H,5,6)(H,7,8,9);. The van der Waals surface area contributed by atoms with Crippen molar-refractivity contribution < 1.29 is 22.9 Å². The number of hydrogen-bond donors (Lipinski definition) is 2. The Kier molecular flexibility index (Phi) is 3.52. The van der Waals surface area contributed by atoms with Crippen LogP contribution in [0.5, 0.6) is 0 Å². The van der Waals surface area contributed by atoms with E-state index in [9.17, 15) is 13.2 Å². The van der Waals surface area contributed by atoms with E-state index in [2.05, 4.69) is 0 Å². The van der Waals surface area contributed by atoms with Gasteiger partial charge in [-0.15, -0.1) is 0 Å². The van der Waals surface area contributed by atoms with E-state index in [1.807, 2.05) is 0 Å². The van der Waals surface area contributed by atoms with Crippen molar-refractivity contribution in [3.8, 4) is 0 Å². The zero-order chi connectivity index (χ0) is 9.28. The van der Waals surface area contributed by atoms with E-state index in [0.717, 1.165) is 0 Å². The Bertz CT molecular complexity index is 258. The molecule has 1 atom stereocenters. The Morgan fingerprint density at radius 2 is 2.00 bits per heavy atom. The van der Waals surface area contributed by atoms with Gasteiger partial charge in [0.2, 0.25) is 0 Å². The summed E-state index contributed by atoms with van der Waals surface area (Å²) in [5, 5.41) is 8.46. The first-order chi connectivity index (χ1) is 4.75. The van der Waals surface area contributed by atoms with Crippen LogP contribution in [0.15, 0.2) is 0 Å². The molecule has 0 heterocycles. The van der Waals surface area contributed by atoms with E-state index in [4.69, 9.17) is 9.66 Å². The normalized spacial score (nSPS) is 17.5. The Labute approximate surface area is 82.0 Å². The summed E-state index contributed by atoms with van der Waals surface area (Å²) in [6, 6.07) is 0. The van der Waals surface area contributed by atoms with E-state index < -0.39 is 18.1 Å².